The highest BCUT2D eigenvalue weighted by molar-refractivity contribution is 5.97. The molecule has 0 bridgehead atoms. The largest absolute Gasteiger partial charge is 0.480 e. The number of unbranched alkanes of at least 4 members (excludes halogenated alkanes) is 1. The van der Waals surface area contributed by atoms with Gasteiger partial charge in [0.15, 0.2) is 0 Å². The van der Waals surface area contributed by atoms with Crippen LogP contribution in [0.25, 0.3) is 0 Å². The molecule has 0 fully saturated rings. The monoisotopic (exact) mass is 335 g/mol. The van der Waals surface area contributed by atoms with E-state index < -0.39 is 12.0 Å². The van der Waals surface area contributed by atoms with Crippen molar-refractivity contribution in [3.05, 3.63) is 34.9 Å². The third kappa shape index (κ3) is 6.37. The molecule has 0 aliphatic carbocycles. The highest BCUT2D eigenvalue weighted by atomic mass is 16.4. The Morgan fingerprint density at radius 1 is 1.21 bits per heavy atom. The van der Waals surface area contributed by atoms with Crippen molar-refractivity contribution >= 4 is 17.8 Å². The molecule has 24 heavy (non-hydrogen) atoms. The van der Waals surface area contributed by atoms with Gasteiger partial charge in [-0.3, -0.25) is 9.59 Å². The first-order valence-corrected chi connectivity index (χ1v) is 7.92. The summed E-state index contributed by atoms with van der Waals surface area (Å²) in [4.78, 5) is 34.6. The average Bonchev–Trinajstić information content (AvgIpc) is 2.54. The highest BCUT2D eigenvalue weighted by Crippen LogP contribution is 2.11. The number of rotatable bonds is 9. The van der Waals surface area contributed by atoms with Crippen LogP contribution in [0.1, 0.15) is 40.7 Å². The summed E-state index contributed by atoms with van der Waals surface area (Å²) < 4.78 is 0. The van der Waals surface area contributed by atoms with Gasteiger partial charge in [0.05, 0.1) is 6.54 Å². The van der Waals surface area contributed by atoms with E-state index in [1.54, 1.807) is 6.07 Å². The Kier molecular flexibility index (Phi) is 7.91. The van der Waals surface area contributed by atoms with E-state index in [0.717, 1.165) is 11.1 Å². The van der Waals surface area contributed by atoms with E-state index in [1.165, 1.54) is 0 Å². The number of aliphatic carboxylic acids is 1. The topological polar surface area (TPSA) is 122 Å². The molecule has 0 heterocycles. The maximum atomic E-state index is 12.3. The summed E-state index contributed by atoms with van der Waals surface area (Å²) in [5, 5.41) is 14.5. The van der Waals surface area contributed by atoms with Crippen molar-refractivity contribution < 1.29 is 19.5 Å². The number of hydrogen-bond acceptors (Lipinski definition) is 4. The molecule has 0 saturated heterocycles. The zero-order chi connectivity index (χ0) is 18.1. The lowest BCUT2D eigenvalue weighted by Crippen LogP contribution is -2.41. The molecule has 2 amide bonds. The van der Waals surface area contributed by atoms with E-state index in [2.05, 4.69) is 10.6 Å². The molecule has 0 radical (unpaired) electrons. The summed E-state index contributed by atoms with van der Waals surface area (Å²) >= 11 is 0. The Labute approximate surface area is 141 Å². The fraction of sp³-hybridized carbons (Fsp3) is 0.471. The van der Waals surface area contributed by atoms with E-state index in [1.807, 2.05) is 26.0 Å². The minimum atomic E-state index is -1.07. The van der Waals surface area contributed by atoms with Crippen LogP contribution in [0.5, 0.6) is 0 Å². The molecule has 0 aliphatic rings. The van der Waals surface area contributed by atoms with Gasteiger partial charge < -0.3 is 21.5 Å². The SMILES string of the molecule is Cc1ccc(C)c(C(=O)N[C@@H](CCCCNC(=O)CN)C(=O)O)c1. The van der Waals surface area contributed by atoms with Crippen molar-refractivity contribution in [2.45, 2.75) is 39.2 Å². The van der Waals surface area contributed by atoms with Crippen molar-refractivity contribution in [1.29, 1.82) is 0 Å². The van der Waals surface area contributed by atoms with Crippen molar-refractivity contribution in [3.63, 3.8) is 0 Å². The maximum absolute atomic E-state index is 12.3. The molecule has 0 aromatic heterocycles. The Bertz CT molecular complexity index is 601. The number of nitrogens with two attached hydrogens (primary N) is 1. The van der Waals surface area contributed by atoms with E-state index in [4.69, 9.17) is 5.73 Å². The lowest BCUT2D eigenvalue weighted by Gasteiger charge is -2.16. The number of amides is 2. The molecule has 0 aliphatic heterocycles. The van der Waals surface area contributed by atoms with Crippen LogP contribution in [0.15, 0.2) is 18.2 Å². The molecule has 1 atom stereocenters. The third-order valence-electron chi connectivity index (χ3n) is 3.67. The lowest BCUT2D eigenvalue weighted by molar-refractivity contribution is -0.139. The minimum absolute atomic E-state index is 0.0658. The maximum Gasteiger partial charge on any atom is 0.326 e. The summed E-state index contributed by atoms with van der Waals surface area (Å²) in [5.74, 6) is -1.70. The standard InChI is InChI=1S/C17H25N3O4/c1-11-6-7-12(2)13(9-11)16(22)20-14(17(23)24)5-3-4-8-19-15(21)10-18/h6-7,9,14H,3-5,8,10,18H2,1-2H3,(H,19,21)(H,20,22)(H,23,24)/t14-/m0/s1. The van der Waals surface area contributed by atoms with Crippen LogP contribution in [-0.2, 0) is 9.59 Å². The number of nitrogens with one attached hydrogen (secondary N) is 2. The smallest absolute Gasteiger partial charge is 0.326 e. The molecule has 0 unspecified atom stereocenters. The van der Waals surface area contributed by atoms with Crippen LogP contribution >= 0.6 is 0 Å². The van der Waals surface area contributed by atoms with Crippen molar-refractivity contribution in [2.24, 2.45) is 5.73 Å². The number of carboxylic acid groups (broad SMARTS) is 1. The van der Waals surface area contributed by atoms with E-state index in [-0.39, 0.29) is 18.4 Å². The van der Waals surface area contributed by atoms with Gasteiger partial charge in [0.2, 0.25) is 5.91 Å². The second kappa shape index (κ2) is 9.67. The average molecular weight is 335 g/mol. The van der Waals surface area contributed by atoms with Gasteiger partial charge in [-0.05, 0) is 44.7 Å². The molecule has 132 valence electrons. The molecular weight excluding hydrogens is 310 g/mol. The quantitative estimate of drug-likeness (QED) is 0.496. The van der Waals surface area contributed by atoms with E-state index >= 15 is 0 Å². The van der Waals surface area contributed by atoms with Crippen LogP contribution in [-0.4, -0.2) is 42.0 Å². The van der Waals surface area contributed by atoms with Gasteiger partial charge >= 0.3 is 5.97 Å². The second-order valence-corrected chi connectivity index (χ2v) is 5.73. The van der Waals surface area contributed by atoms with Gasteiger partial charge in [-0.1, -0.05) is 17.7 Å². The number of carboxylic acids is 1. The number of carbonyl (C=O) groups is 3. The first-order chi connectivity index (χ1) is 11.3. The summed E-state index contributed by atoms with van der Waals surface area (Å²) in [6.45, 7) is 4.06. The molecule has 7 heteroatoms. The number of carbonyl (C=O) groups excluding carboxylic acids is 2. The summed E-state index contributed by atoms with van der Waals surface area (Å²) in [6, 6.07) is 4.52. The molecule has 7 nitrogen and oxygen atoms in total. The number of benzene rings is 1. The second-order valence-electron chi connectivity index (χ2n) is 5.73. The molecule has 0 spiro atoms. The van der Waals surface area contributed by atoms with Crippen LogP contribution in [0.4, 0.5) is 0 Å². The Morgan fingerprint density at radius 3 is 2.54 bits per heavy atom. The van der Waals surface area contributed by atoms with Crippen molar-refractivity contribution in [2.75, 3.05) is 13.1 Å². The van der Waals surface area contributed by atoms with Gasteiger partial charge in [0, 0.05) is 12.1 Å². The molecule has 1 rings (SSSR count). The Balaban J connectivity index is 2.54. The molecule has 1 aromatic carbocycles. The summed E-state index contributed by atoms with van der Waals surface area (Å²) in [7, 11) is 0. The van der Waals surface area contributed by atoms with Crippen molar-refractivity contribution in [3.8, 4) is 0 Å². The Hall–Kier alpha value is -2.41. The summed E-state index contributed by atoms with van der Waals surface area (Å²) in [5.41, 5.74) is 7.39. The predicted molar refractivity (Wildman–Crippen MR) is 90.7 cm³/mol. The van der Waals surface area contributed by atoms with E-state index in [9.17, 15) is 19.5 Å². The van der Waals surface area contributed by atoms with Crippen LogP contribution in [0.2, 0.25) is 0 Å². The molecule has 0 saturated carbocycles. The van der Waals surface area contributed by atoms with Crippen LogP contribution in [0, 0.1) is 13.8 Å². The first-order valence-electron chi connectivity index (χ1n) is 7.92. The zero-order valence-electron chi connectivity index (χ0n) is 14.1. The van der Waals surface area contributed by atoms with E-state index in [0.29, 0.717) is 31.4 Å². The molecular formula is C17H25N3O4. The minimum Gasteiger partial charge on any atom is -0.480 e. The number of aryl methyl sites for hydroxylation is 2. The van der Waals surface area contributed by atoms with Crippen molar-refractivity contribution in [1.82, 2.24) is 10.6 Å². The zero-order valence-corrected chi connectivity index (χ0v) is 14.1. The molecule has 5 N–H and O–H groups in total. The fourth-order valence-corrected chi connectivity index (χ4v) is 2.25. The van der Waals surface area contributed by atoms with Gasteiger partial charge in [-0.2, -0.15) is 0 Å². The van der Waals surface area contributed by atoms with Crippen LogP contribution in [0.3, 0.4) is 0 Å². The third-order valence-corrected chi connectivity index (χ3v) is 3.67. The predicted octanol–water partition coefficient (Wildman–Crippen LogP) is 0.732. The number of hydrogen-bond donors (Lipinski definition) is 4. The highest BCUT2D eigenvalue weighted by Gasteiger charge is 2.21. The summed E-state index contributed by atoms with van der Waals surface area (Å²) in [6.07, 6.45) is 1.48. The van der Waals surface area contributed by atoms with Gasteiger partial charge in [0.25, 0.3) is 5.91 Å². The lowest BCUT2D eigenvalue weighted by atomic mass is 10.0. The normalized spacial score (nSPS) is 11.6. The first kappa shape index (κ1) is 19.6. The van der Waals surface area contributed by atoms with Crippen LogP contribution < -0.4 is 16.4 Å². The Morgan fingerprint density at radius 2 is 1.92 bits per heavy atom. The van der Waals surface area contributed by atoms with Gasteiger partial charge in [0.1, 0.15) is 6.04 Å². The van der Waals surface area contributed by atoms with Gasteiger partial charge in [-0.25, -0.2) is 4.79 Å². The fourth-order valence-electron chi connectivity index (χ4n) is 2.25. The van der Waals surface area contributed by atoms with Gasteiger partial charge in [-0.15, -0.1) is 0 Å². The molecule has 1 aromatic rings.